The van der Waals surface area contributed by atoms with Gasteiger partial charge in [0.15, 0.2) is 0 Å². The van der Waals surface area contributed by atoms with Crippen LogP contribution in [-0.4, -0.2) is 64.0 Å². The molecule has 1 saturated carbocycles. The molecule has 2 aliphatic rings. The van der Waals surface area contributed by atoms with Crippen molar-refractivity contribution in [2.75, 3.05) is 51.8 Å². The summed E-state index contributed by atoms with van der Waals surface area (Å²) in [7, 11) is 3.11. The van der Waals surface area contributed by atoms with Gasteiger partial charge in [-0.2, -0.15) is 0 Å². The minimum atomic E-state index is -0.433. The van der Waals surface area contributed by atoms with Gasteiger partial charge in [-0.25, -0.2) is 9.18 Å². The van der Waals surface area contributed by atoms with Gasteiger partial charge in [-0.05, 0) is 55.5 Å². The Morgan fingerprint density at radius 1 is 1.00 bits per heavy atom. The lowest BCUT2D eigenvalue weighted by molar-refractivity contribution is 0.147. The highest BCUT2D eigenvalue weighted by molar-refractivity contribution is 5.67. The molecule has 2 aromatic rings. The molecule has 2 atom stereocenters. The molecule has 6 nitrogen and oxygen atoms in total. The maximum absolute atomic E-state index is 15.1. The predicted molar refractivity (Wildman–Crippen MR) is 141 cm³/mol. The predicted octanol–water partition coefficient (Wildman–Crippen LogP) is 5.44. The Morgan fingerprint density at radius 3 is 2.39 bits per heavy atom. The van der Waals surface area contributed by atoms with E-state index in [9.17, 15) is 4.79 Å². The van der Waals surface area contributed by atoms with Crippen LogP contribution in [0, 0.1) is 11.7 Å². The molecule has 7 heteroatoms. The third kappa shape index (κ3) is 6.49. The highest BCUT2D eigenvalue weighted by Crippen LogP contribution is 2.37. The van der Waals surface area contributed by atoms with E-state index in [0.29, 0.717) is 11.5 Å². The summed E-state index contributed by atoms with van der Waals surface area (Å²) in [5.41, 5.74) is 1.82. The molecule has 2 unspecified atom stereocenters. The summed E-state index contributed by atoms with van der Waals surface area (Å²) < 4.78 is 25.6. The number of anilines is 1. The van der Waals surface area contributed by atoms with E-state index in [2.05, 4.69) is 21.2 Å². The number of nitrogens with zero attached hydrogens (tertiary/aromatic N) is 2. The minimum absolute atomic E-state index is 0.111. The molecule has 196 valence electrons. The molecule has 1 aliphatic heterocycles. The number of carbonyl (C=O) groups excluding carboxylic acids is 1. The van der Waals surface area contributed by atoms with Crippen molar-refractivity contribution in [3.8, 4) is 5.75 Å². The Hall–Kier alpha value is -2.80. The third-order valence-electron chi connectivity index (χ3n) is 7.92. The molecule has 1 amide bonds. The maximum Gasteiger partial charge on any atom is 0.407 e. The summed E-state index contributed by atoms with van der Waals surface area (Å²) in [5, 5.41) is 3.12. The third-order valence-corrected chi connectivity index (χ3v) is 7.92. The number of carbonyl (C=O) groups is 1. The second-order valence-electron chi connectivity index (χ2n) is 9.98. The molecule has 2 aromatic carbocycles. The van der Waals surface area contributed by atoms with Gasteiger partial charge in [0.1, 0.15) is 11.6 Å². The summed E-state index contributed by atoms with van der Waals surface area (Å²) in [6.45, 7) is 4.54. The summed E-state index contributed by atoms with van der Waals surface area (Å²) in [6.07, 6.45) is 5.98. The van der Waals surface area contributed by atoms with Crippen LogP contribution in [0.3, 0.4) is 0 Å². The van der Waals surface area contributed by atoms with Crippen LogP contribution in [0.4, 0.5) is 14.9 Å². The lowest BCUT2D eigenvalue weighted by Gasteiger charge is -2.39. The van der Waals surface area contributed by atoms with Crippen LogP contribution >= 0.6 is 0 Å². The largest absolute Gasteiger partial charge is 0.495 e. The number of benzene rings is 2. The number of hydrogen-bond donors (Lipinski definition) is 1. The van der Waals surface area contributed by atoms with Crippen molar-refractivity contribution < 1.29 is 18.7 Å². The molecule has 1 N–H and O–H groups in total. The molecule has 1 aliphatic carbocycles. The summed E-state index contributed by atoms with van der Waals surface area (Å²) >= 11 is 0. The van der Waals surface area contributed by atoms with Crippen LogP contribution in [0.25, 0.3) is 0 Å². The van der Waals surface area contributed by atoms with Crippen molar-refractivity contribution in [2.24, 2.45) is 5.92 Å². The van der Waals surface area contributed by atoms with Gasteiger partial charge in [-0.3, -0.25) is 4.90 Å². The zero-order chi connectivity index (χ0) is 25.3. The molecule has 0 spiro atoms. The quantitative estimate of drug-likeness (QED) is 0.500. The normalized spacial score (nSPS) is 18.9. The van der Waals surface area contributed by atoms with E-state index in [-0.39, 0.29) is 17.8 Å². The fourth-order valence-corrected chi connectivity index (χ4v) is 5.96. The van der Waals surface area contributed by atoms with E-state index in [0.717, 1.165) is 76.3 Å². The first-order valence-electron chi connectivity index (χ1n) is 13.3. The standard InChI is InChI=1S/C29H40FN3O3/c1-35-27-15-9-8-14-26(27)33-20-18-32(19-21-33)17-16-24(23-12-6-7-13-25(23)30)28(31-29(34)36-2)22-10-4-3-5-11-22/h6-9,12-15,22,24,28H,3-5,10-11,16-21H2,1-2H3,(H,31,34). The smallest absolute Gasteiger partial charge is 0.407 e. The van der Waals surface area contributed by atoms with Crippen molar-refractivity contribution in [3.05, 3.63) is 59.9 Å². The number of ether oxygens (including phenoxy) is 2. The Bertz CT molecular complexity index is 974. The van der Waals surface area contributed by atoms with E-state index in [1.807, 2.05) is 30.3 Å². The van der Waals surface area contributed by atoms with Gasteiger partial charge in [-0.1, -0.05) is 49.6 Å². The molecule has 1 heterocycles. The van der Waals surface area contributed by atoms with Gasteiger partial charge < -0.3 is 19.7 Å². The first-order chi connectivity index (χ1) is 17.6. The molecule has 4 rings (SSSR count). The average Bonchev–Trinajstić information content (AvgIpc) is 2.94. The molecule has 0 bridgehead atoms. The van der Waals surface area contributed by atoms with E-state index in [4.69, 9.17) is 9.47 Å². The Kier molecular flexibility index (Phi) is 9.45. The number of halogens is 1. The molecule has 1 saturated heterocycles. The van der Waals surface area contributed by atoms with E-state index in [1.54, 1.807) is 13.2 Å². The molecular weight excluding hydrogens is 457 g/mol. The Balaban J connectivity index is 1.47. The monoisotopic (exact) mass is 497 g/mol. The number of rotatable bonds is 9. The summed E-state index contributed by atoms with van der Waals surface area (Å²) in [6, 6.07) is 15.0. The SMILES string of the molecule is COC(=O)NC(C1CCCCC1)C(CCN1CCN(c2ccccc2OC)CC1)c1ccccc1F. The second-order valence-corrected chi connectivity index (χ2v) is 9.98. The van der Waals surface area contributed by atoms with Gasteiger partial charge in [0, 0.05) is 38.1 Å². The van der Waals surface area contributed by atoms with Gasteiger partial charge in [0.25, 0.3) is 0 Å². The average molecular weight is 498 g/mol. The highest BCUT2D eigenvalue weighted by Gasteiger charge is 2.35. The highest BCUT2D eigenvalue weighted by atomic mass is 19.1. The molecule has 0 radical (unpaired) electrons. The number of hydrogen-bond acceptors (Lipinski definition) is 5. The van der Waals surface area contributed by atoms with E-state index < -0.39 is 6.09 Å². The van der Waals surface area contributed by atoms with E-state index in [1.165, 1.54) is 19.6 Å². The fraction of sp³-hybridized carbons (Fsp3) is 0.552. The van der Waals surface area contributed by atoms with Crippen molar-refractivity contribution >= 4 is 11.8 Å². The fourth-order valence-electron chi connectivity index (χ4n) is 5.96. The molecule has 0 aromatic heterocycles. The molecular formula is C29H40FN3O3. The van der Waals surface area contributed by atoms with Crippen molar-refractivity contribution in [3.63, 3.8) is 0 Å². The number of amides is 1. The van der Waals surface area contributed by atoms with Crippen LogP contribution in [0.15, 0.2) is 48.5 Å². The molecule has 2 fully saturated rings. The number of piperazine rings is 1. The minimum Gasteiger partial charge on any atom is -0.495 e. The first kappa shape index (κ1) is 26.3. The van der Waals surface area contributed by atoms with E-state index >= 15 is 4.39 Å². The Morgan fingerprint density at radius 2 is 1.69 bits per heavy atom. The second kappa shape index (κ2) is 12.9. The van der Waals surface area contributed by atoms with Gasteiger partial charge in [-0.15, -0.1) is 0 Å². The van der Waals surface area contributed by atoms with Gasteiger partial charge >= 0.3 is 6.09 Å². The van der Waals surface area contributed by atoms with Crippen LogP contribution in [-0.2, 0) is 4.74 Å². The topological polar surface area (TPSA) is 54.0 Å². The zero-order valence-electron chi connectivity index (χ0n) is 21.6. The number of alkyl carbamates (subject to hydrolysis) is 1. The number of methoxy groups -OCH3 is 2. The lowest BCUT2D eigenvalue weighted by atomic mass is 9.75. The van der Waals surface area contributed by atoms with Gasteiger partial charge in [0.2, 0.25) is 0 Å². The lowest BCUT2D eigenvalue weighted by Crippen LogP contribution is -2.49. The van der Waals surface area contributed by atoms with Crippen molar-refractivity contribution in [1.82, 2.24) is 10.2 Å². The zero-order valence-corrected chi connectivity index (χ0v) is 21.6. The van der Waals surface area contributed by atoms with Crippen molar-refractivity contribution in [1.29, 1.82) is 0 Å². The summed E-state index contributed by atoms with van der Waals surface area (Å²) in [5.74, 6) is 0.913. The summed E-state index contributed by atoms with van der Waals surface area (Å²) in [4.78, 5) is 17.2. The van der Waals surface area contributed by atoms with Crippen LogP contribution < -0.4 is 15.0 Å². The first-order valence-corrected chi connectivity index (χ1v) is 13.3. The van der Waals surface area contributed by atoms with Gasteiger partial charge in [0.05, 0.1) is 19.9 Å². The number of nitrogens with one attached hydrogen (secondary N) is 1. The number of para-hydroxylation sites is 2. The molecule has 36 heavy (non-hydrogen) atoms. The van der Waals surface area contributed by atoms with Crippen LogP contribution in [0.5, 0.6) is 5.75 Å². The Labute approximate surface area is 214 Å². The van der Waals surface area contributed by atoms with Crippen LogP contribution in [0.1, 0.15) is 50.0 Å². The maximum atomic E-state index is 15.1. The van der Waals surface area contributed by atoms with Crippen LogP contribution in [0.2, 0.25) is 0 Å². The van der Waals surface area contributed by atoms with Crippen molar-refractivity contribution in [2.45, 2.75) is 50.5 Å².